The zero-order valence-corrected chi connectivity index (χ0v) is 12.9. The minimum atomic E-state index is -1.04. The Bertz CT molecular complexity index is 909. The molecular formula is C20H16O4. The molecule has 0 unspecified atom stereocenters. The van der Waals surface area contributed by atoms with Crippen molar-refractivity contribution >= 4 is 33.5 Å². The second-order valence-corrected chi connectivity index (χ2v) is 6.35. The highest BCUT2D eigenvalue weighted by Gasteiger charge is 2.39. The average molecular weight is 320 g/mol. The van der Waals surface area contributed by atoms with Gasteiger partial charge in [0.15, 0.2) is 0 Å². The summed E-state index contributed by atoms with van der Waals surface area (Å²) in [5, 5.41) is 23.2. The number of carbonyl (C=O) groups is 2. The van der Waals surface area contributed by atoms with Gasteiger partial charge in [-0.05, 0) is 45.5 Å². The van der Waals surface area contributed by atoms with Gasteiger partial charge in [-0.25, -0.2) is 0 Å². The molecule has 1 aliphatic rings. The second kappa shape index (κ2) is 5.34. The molecule has 24 heavy (non-hydrogen) atoms. The SMILES string of the molecule is O=C(O)[C@H]1Cc2c(c3ccccc3c3ccccc23)C[C@H]1C(=O)O. The molecule has 0 saturated heterocycles. The normalized spacial score (nSPS) is 20.0. The first kappa shape index (κ1) is 14.7. The lowest BCUT2D eigenvalue weighted by Crippen LogP contribution is -2.36. The summed E-state index contributed by atoms with van der Waals surface area (Å²) in [6, 6.07) is 15.9. The van der Waals surface area contributed by atoms with Gasteiger partial charge in [-0.1, -0.05) is 48.5 Å². The van der Waals surface area contributed by atoms with E-state index in [1.54, 1.807) is 0 Å². The van der Waals surface area contributed by atoms with Crippen molar-refractivity contribution in [1.29, 1.82) is 0 Å². The summed E-state index contributed by atoms with van der Waals surface area (Å²) < 4.78 is 0. The van der Waals surface area contributed by atoms with E-state index in [-0.39, 0.29) is 12.8 Å². The largest absolute Gasteiger partial charge is 0.481 e. The van der Waals surface area contributed by atoms with E-state index in [0.717, 1.165) is 32.7 Å². The molecular weight excluding hydrogens is 304 g/mol. The zero-order valence-electron chi connectivity index (χ0n) is 12.9. The van der Waals surface area contributed by atoms with Crippen molar-refractivity contribution in [2.24, 2.45) is 11.8 Å². The van der Waals surface area contributed by atoms with Crippen LogP contribution in [0.2, 0.25) is 0 Å². The summed E-state index contributed by atoms with van der Waals surface area (Å²) in [6.07, 6.45) is 0.514. The van der Waals surface area contributed by atoms with E-state index in [1.165, 1.54) is 0 Å². The molecule has 0 saturated carbocycles. The van der Waals surface area contributed by atoms with Crippen molar-refractivity contribution in [2.45, 2.75) is 12.8 Å². The maximum absolute atomic E-state index is 11.6. The van der Waals surface area contributed by atoms with E-state index in [1.807, 2.05) is 48.5 Å². The molecule has 0 fully saturated rings. The predicted octanol–water partition coefficient (Wildman–Crippen LogP) is 3.49. The van der Waals surface area contributed by atoms with Crippen molar-refractivity contribution < 1.29 is 19.8 Å². The number of fused-ring (bicyclic) bond motifs is 6. The van der Waals surface area contributed by atoms with Gasteiger partial charge in [0.2, 0.25) is 0 Å². The molecule has 2 N–H and O–H groups in total. The molecule has 3 aromatic rings. The molecule has 4 nitrogen and oxygen atoms in total. The number of rotatable bonds is 2. The summed E-state index contributed by atoms with van der Waals surface area (Å²) in [4.78, 5) is 23.2. The minimum Gasteiger partial charge on any atom is -0.481 e. The Morgan fingerprint density at radius 2 is 1.00 bits per heavy atom. The van der Waals surface area contributed by atoms with Crippen molar-refractivity contribution in [3.8, 4) is 0 Å². The fourth-order valence-electron chi connectivity index (χ4n) is 4.00. The Labute approximate surface area is 138 Å². The van der Waals surface area contributed by atoms with Gasteiger partial charge in [-0.2, -0.15) is 0 Å². The van der Waals surface area contributed by atoms with Crippen LogP contribution in [-0.4, -0.2) is 22.2 Å². The minimum absolute atomic E-state index is 0.257. The van der Waals surface area contributed by atoms with Crippen molar-refractivity contribution in [3.05, 3.63) is 59.7 Å². The molecule has 120 valence electrons. The maximum Gasteiger partial charge on any atom is 0.307 e. The fourth-order valence-corrected chi connectivity index (χ4v) is 4.00. The highest BCUT2D eigenvalue weighted by atomic mass is 16.4. The highest BCUT2D eigenvalue weighted by Crippen LogP contribution is 2.40. The molecule has 0 bridgehead atoms. The summed E-state index contributed by atoms with van der Waals surface area (Å²) in [7, 11) is 0. The first-order chi connectivity index (χ1) is 11.6. The predicted molar refractivity (Wildman–Crippen MR) is 91.1 cm³/mol. The van der Waals surface area contributed by atoms with Crippen LogP contribution in [0, 0.1) is 11.8 Å². The third-order valence-electron chi connectivity index (χ3n) is 5.13. The van der Waals surface area contributed by atoms with E-state index in [9.17, 15) is 19.8 Å². The summed E-state index contributed by atoms with van der Waals surface area (Å²) in [5.41, 5.74) is 1.96. The Morgan fingerprint density at radius 3 is 1.33 bits per heavy atom. The van der Waals surface area contributed by atoms with Gasteiger partial charge in [0, 0.05) is 0 Å². The molecule has 1 aliphatic carbocycles. The number of benzene rings is 3. The topological polar surface area (TPSA) is 74.6 Å². The van der Waals surface area contributed by atoms with Crippen LogP contribution in [0.25, 0.3) is 21.5 Å². The third-order valence-corrected chi connectivity index (χ3v) is 5.13. The van der Waals surface area contributed by atoms with E-state index < -0.39 is 23.8 Å². The number of carboxylic acid groups (broad SMARTS) is 2. The number of hydrogen-bond acceptors (Lipinski definition) is 2. The van der Waals surface area contributed by atoms with Crippen LogP contribution >= 0.6 is 0 Å². The Kier molecular flexibility index (Phi) is 3.27. The van der Waals surface area contributed by atoms with Crippen LogP contribution in [-0.2, 0) is 22.4 Å². The van der Waals surface area contributed by atoms with Crippen LogP contribution in [0.15, 0.2) is 48.5 Å². The van der Waals surface area contributed by atoms with Gasteiger partial charge < -0.3 is 10.2 Å². The lowest BCUT2D eigenvalue weighted by atomic mass is 9.73. The van der Waals surface area contributed by atoms with Gasteiger partial charge in [-0.3, -0.25) is 9.59 Å². The zero-order chi connectivity index (χ0) is 16.8. The molecule has 0 heterocycles. The molecule has 0 radical (unpaired) electrons. The van der Waals surface area contributed by atoms with Gasteiger partial charge in [0.25, 0.3) is 0 Å². The van der Waals surface area contributed by atoms with Crippen LogP contribution < -0.4 is 0 Å². The van der Waals surface area contributed by atoms with Gasteiger partial charge in [-0.15, -0.1) is 0 Å². The number of aliphatic carboxylic acids is 2. The van der Waals surface area contributed by atoms with E-state index in [4.69, 9.17) is 0 Å². The molecule has 2 atom stereocenters. The van der Waals surface area contributed by atoms with Crippen LogP contribution in [0.5, 0.6) is 0 Å². The fraction of sp³-hybridized carbons (Fsp3) is 0.200. The van der Waals surface area contributed by atoms with E-state index >= 15 is 0 Å². The van der Waals surface area contributed by atoms with Crippen LogP contribution in [0.3, 0.4) is 0 Å². The van der Waals surface area contributed by atoms with Gasteiger partial charge >= 0.3 is 11.9 Å². The van der Waals surface area contributed by atoms with Crippen molar-refractivity contribution in [2.75, 3.05) is 0 Å². The van der Waals surface area contributed by atoms with Crippen molar-refractivity contribution in [3.63, 3.8) is 0 Å². The lowest BCUT2D eigenvalue weighted by molar-refractivity contribution is -0.154. The number of hydrogen-bond donors (Lipinski definition) is 2. The molecule has 0 aromatic heterocycles. The smallest absolute Gasteiger partial charge is 0.307 e. The standard InChI is InChI=1S/C20H16O4/c21-19(22)17-9-15-13-7-3-1-5-11(13)12-6-2-4-8-14(12)16(15)10-18(17)20(23)24/h1-8,17-18H,9-10H2,(H,21,22)(H,23,24)/t17-,18+. The Balaban J connectivity index is 2.07. The monoisotopic (exact) mass is 320 g/mol. The van der Waals surface area contributed by atoms with Crippen LogP contribution in [0.4, 0.5) is 0 Å². The third kappa shape index (κ3) is 2.07. The summed E-state index contributed by atoms with van der Waals surface area (Å²) in [6.45, 7) is 0. The molecule has 0 aliphatic heterocycles. The Hall–Kier alpha value is -2.88. The lowest BCUT2D eigenvalue weighted by Gasteiger charge is -2.30. The van der Waals surface area contributed by atoms with Crippen LogP contribution in [0.1, 0.15) is 11.1 Å². The average Bonchev–Trinajstić information content (AvgIpc) is 2.60. The molecule has 4 heteroatoms. The van der Waals surface area contributed by atoms with Crippen molar-refractivity contribution in [1.82, 2.24) is 0 Å². The molecule has 0 spiro atoms. The quantitative estimate of drug-likeness (QED) is 0.709. The first-order valence-electron chi connectivity index (χ1n) is 7.94. The molecule has 3 aromatic carbocycles. The summed E-state index contributed by atoms with van der Waals surface area (Å²) >= 11 is 0. The molecule has 4 rings (SSSR count). The first-order valence-corrected chi connectivity index (χ1v) is 7.94. The summed E-state index contributed by atoms with van der Waals surface area (Å²) in [5.74, 6) is -3.85. The van der Waals surface area contributed by atoms with Gasteiger partial charge in [0.1, 0.15) is 0 Å². The van der Waals surface area contributed by atoms with E-state index in [0.29, 0.717) is 0 Å². The number of carboxylic acids is 2. The maximum atomic E-state index is 11.6. The highest BCUT2D eigenvalue weighted by molar-refractivity contribution is 6.11. The molecule has 0 amide bonds. The Morgan fingerprint density at radius 1 is 0.667 bits per heavy atom. The van der Waals surface area contributed by atoms with E-state index in [2.05, 4.69) is 0 Å². The van der Waals surface area contributed by atoms with Gasteiger partial charge in [0.05, 0.1) is 11.8 Å². The second-order valence-electron chi connectivity index (χ2n) is 6.35.